The minimum atomic E-state index is -1.76. The fraction of sp³-hybridized carbons (Fsp3) is 0.350. The van der Waals surface area contributed by atoms with E-state index in [9.17, 15) is 9.59 Å². The molecule has 2 aromatic carbocycles. The summed E-state index contributed by atoms with van der Waals surface area (Å²) in [6.45, 7) is 21.0. The molecule has 270 valence electrons. The molecule has 0 saturated heterocycles. The van der Waals surface area contributed by atoms with Crippen molar-refractivity contribution in [3.05, 3.63) is 101 Å². The number of carbonyl (C=O) groups excluding carboxylic acids is 2. The molecule has 51 heavy (non-hydrogen) atoms. The Bertz CT molecular complexity index is 1890. The molecule has 0 fully saturated rings. The highest BCUT2D eigenvalue weighted by Gasteiger charge is 2.36. The first-order valence-corrected chi connectivity index (χ1v) is 20.0. The Hall–Kier alpha value is -4.84. The summed E-state index contributed by atoms with van der Waals surface area (Å²) in [6.07, 6.45) is 5.76. The molecule has 0 atom stereocenters. The van der Waals surface area contributed by atoms with E-state index in [-0.39, 0.29) is 28.2 Å². The summed E-state index contributed by atoms with van der Waals surface area (Å²) in [5, 5.41) is 9.63. The third-order valence-electron chi connectivity index (χ3n) is 9.50. The largest absolute Gasteiger partial charge is 0.496 e. The minimum absolute atomic E-state index is 0.189. The zero-order chi connectivity index (χ0) is 37.3. The van der Waals surface area contributed by atoms with Crippen LogP contribution in [-0.4, -0.2) is 57.5 Å². The van der Waals surface area contributed by atoms with Gasteiger partial charge in [-0.1, -0.05) is 57.7 Å². The van der Waals surface area contributed by atoms with Gasteiger partial charge in [0.05, 0.1) is 14.2 Å². The molecule has 3 N–H and O–H groups in total. The van der Waals surface area contributed by atoms with Crippen molar-refractivity contribution in [1.29, 1.82) is 0 Å². The van der Waals surface area contributed by atoms with Crippen molar-refractivity contribution in [2.24, 2.45) is 0 Å². The van der Waals surface area contributed by atoms with Crippen molar-refractivity contribution in [2.75, 3.05) is 38.0 Å². The van der Waals surface area contributed by atoms with Gasteiger partial charge >= 0.3 is 0 Å². The summed E-state index contributed by atoms with van der Waals surface area (Å²) >= 11 is 0. The van der Waals surface area contributed by atoms with E-state index in [2.05, 4.69) is 66.4 Å². The Morgan fingerprint density at radius 2 is 1.37 bits per heavy atom. The molecule has 0 aliphatic heterocycles. The Balaban J connectivity index is 1.43. The van der Waals surface area contributed by atoms with Crippen LogP contribution in [0.25, 0.3) is 17.2 Å². The lowest BCUT2D eigenvalue weighted by Crippen LogP contribution is -2.41. The highest BCUT2D eigenvalue weighted by molar-refractivity contribution is 6.74. The van der Waals surface area contributed by atoms with Crippen LogP contribution in [0.4, 0.5) is 11.4 Å². The second-order valence-electron chi connectivity index (χ2n) is 13.9. The number of aromatic nitrogens is 2. The molecule has 0 spiro atoms. The van der Waals surface area contributed by atoms with E-state index < -0.39 is 8.32 Å². The van der Waals surface area contributed by atoms with Crippen LogP contribution in [0.15, 0.2) is 67.5 Å². The van der Waals surface area contributed by atoms with E-state index in [1.54, 1.807) is 37.7 Å². The maximum atomic E-state index is 13.4. The van der Waals surface area contributed by atoms with Gasteiger partial charge in [0.15, 0.2) is 8.32 Å². The molecule has 0 unspecified atom stereocenters. The van der Waals surface area contributed by atoms with Crippen molar-refractivity contribution >= 4 is 37.6 Å². The van der Waals surface area contributed by atoms with Crippen LogP contribution in [0.3, 0.4) is 0 Å². The molecular weight excluding hydrogens is 659 g/mol. The molecule has 0 aliphatic rings. The number of carbonyl (C=O) groups is 2. The number of hydrogen-bond acceptors (Lipinski definition) is 8. The fourth-order valence-electron chi connectivity index (χ4n) is 5.28. The quantitative estimate of drug-likeness (QED) is 0.0831. The number of anilines is 2. The zero-order valence-corrected chi connectivity index (χ0v) is 32.3. The Labute approximate surface area is 303 Å². The number of hydrogen-bond donors (Lipinski definition) is 3. The summed E-state index contributed by atoms with van der Waals surface area (Å²) in [5.41, 5.74) is 6.89. The second kappa shape index (κ2) is 16.9. The number of methoxy groups -OCH3 is 2. The Kier molecular flexibility index (Phi) is 12.9. The first kappa shape index (κ1) is 39.0. The van der Waals surface area contributed by atoms with E-state index in [1.165, 1.54) is 7.11 Å². The van der Waals surface area contributed by atoms with Gasteiger partial charge in [-0.25, -0.2) is 0 Å². The summed E-state index contributed by atoms with van der Waals surface area (Å²) in [7, 11) is 1.37. The number of rotatable bonds is 15. The average Bonchev–Trinajstić information content (AvgIpc) is 3.10. The van der Waals surface area contributed by atoms with Crippen LogP contribution in [0.1, 0.15) is 70.4 Å². The van der Waals surface area contributed by atoms with Gasteiger partial charge in [-0.3, -0.25) is 19.6 Å². The van der Waals surface area contributed by atoms with Gasteiger partial charge in [0.2, 0.25) is 0 Å². The zero-order valence-electron chi connectivity index (χ0n) is 31.3. The topological polar surface area (TPSA) is 124 Å². The molecule has 10 nitrogen and oxygen atoms in total. The molecule has 0 aliphatic carbocycles. The van der Waals surface area contributed by atoms with E-state index in [4.69, 9.17) is 13.9 Å². The molecule has 0 radical (unpaired) electrons. The summed E-state index contributed by atoms with van der Waals surface area (Å²) in [5.74, 6) is 0.392. The van der Waals surface area contributed by atoms with Gasteiger partial charge in [0, 0.05) is 60.2 Å². The summed E-state index contributed by atoms with van der Waals surface area (Å²) in [4.78, 5) is 35.3. The lowest BCUT2D eigenvalue weighted by atomic mass is 9.94. The highest BCUT2D eigenvalue weighted by Crippen LogP contribution is 2.37. The van der Waals surface area contributed by atoms with E-state index in [0.29, 0.717) is 35.0 Å². The number of benzene rings is 2. The van der Waals surface area contributed by atoms with Crippen molar-refractivity contribution in [3.8, 4) is 22.6 Å². The van der Waals surface area contributed by atoms with E-state index in [1.807, 2.05) is 50.2 Å². The van der Waals surface area contributed by atoms with Gasteiger partial charge in [0.25, 0.3) is 11.8 Å². The van der Waals surface area contributed by atoms with Crippen molar-refractivity contribution in [2.45, 2.75) is 65.7 Å². The van der Waals surface area contributed by atoms with Gasteiger partial charge in [-0.05, 0) is 79.3 Å². The molecule has 0 saturated carbocycles. The minimum Gasteiger partial charge on any atom is -0.496 e. The summed E-state index contributed by atoms with van der Waals surface area (Å²) in [6, 6.07) is 14.7. The molecule has 11 heteroatoms. The molecule has 4 aromatic rings. The lowest BCUT2D eigenvalue weighted by Gasteiger charge is -2.36. The van der Waals surface area contributed by atoms with Crippen molar-refractivity contribution in [1.82, 2.24) is 15.3 Å². The van der Waals surface area contributed by atoms with E-state index >= 15 is 0 Å². The monoisotopic (exact) mass is 709 g/mol. The van der Waals surface area contributed by atoms with Crippen LogP contribution in [0.5, 0.6) is 11.5 Å². The van der Waals surface area contributed by atoms with Gasteiger partial charge in [0.1, 0.15) is 22.9 Å². The SMILES string of the molecule is C=Cc1cnc(C(=O)Nc2cccc(-c3cccc(NC(=O)c4cc(OC)c(CNCCCO[Si](C)(C)C(C)(C)C)cn4)c3C)c2C)cc1OC. The molecule has 2 aromatic heterocycles. The number of pyridine rings is 2. The van der Waals surface area contributed by atoms with Crippen LogP contribution in [0.2, 0.25) is 18.1 Å². The molecular formula is C40H51N5O5Si. The third kappa shape index (κ3) is 9.49. The smallest absolute Gasteiger partial charge is 0.274 e. The van der Waals surface area contributed by atoms with E-state index in [0.717, 1.165) is 47.4 Å². The van der Waals surface area contributed by atoms with Gasteiger partial charge in [-0.15, -0.1) is 0 Å². The molecule has 2 heterocycles. The Morgan fingerprint density at radius 1 is 0.843 bits per heavy atom. The van der Waals surface area contributed by atoms with Crippen LogP contribution in [-0.2, 0) is 11.0 Å². The molecule has 0 bridgehead atoms. The van der Waals surface area contributed by atoms with Crippen LogP contribution < -0.4 is 25.4 Å². The maximum Gasteiger partial charge on any atom is 0.274 e. The first-order chi connectivity index (χ1) is 24.2. The molecule has 4 rings (SSSR count). The number of nitrogens with zero attached hydrogens (tertiary/aromatic N) is 2. The normalized spacial score (nSPS) is 11.5. The first-order valence-electron chi connectivity index (χ1n) is 17.1. The van der Waals surface area contributed by atoms with Crippen LogP contribution in [0, 0.1) is 13.8 Å². The fourth-order valence-corrected chi connectivity index (χ4v) is 6.36. The standard InChI is InChI=1S/C40H51N5O5Si/c1-11-28-24-42-34(21-36(28)48-7)38(46)44-32-17-12-15-30(26(32)2)31-16-13-18-33(27(31)3)45-39(47)35-22-37(49-8)29(25-43-35)23-41-19-14-20-50-51(9,10)40(4,5)6/h11-13,15-18,21-22,24-25,41H,1,14,19-20,23H2,2-10H3,(H,44,46)(H,45,47). The predicted octanol–water partition coefficient (Wildman–Crippen LogP) is 8.43. The predicted molar refractivity (Wildman–Crippen MR) is 208 cm³/mol. The maximum absolute atomic E-state index is 13.4. The number of ether oxygens (including phenoxy) is 2. The Morgan fingerprint density at radius 3 is 1.88 bits per heavy atom. The number of amides is 2. The second-order valence-corrected chi connectivity index (χ2v) is 18.7. The summed E-state index contributed by atoms with van der Waals surface area (Å²) < 4.78 is 17.3. The van der Waals surface area contributed by atoms with Crippen LogP contribution >= 0.6 is 0 Å². The third-order valence-corrected chi connectivity index (χ3v) is 14.0. The lowest BCUT2D eigenvalue weighted by molar-refractivity contribution is 0.101. The van der Waals surface area contributed by atoms with Gasteiger partial charge in [-0.2, -0.15) is 0 Å². The molecule has 2 amide bonds. The van der Waals surface area contributed by atoms with Crippen molar-refractivity contribution in [3.63, 3.8) is 0 Å². The number of nitrogens with one attached hydrogen (secondary N) is 3. The van der Waals surface area contributed by atoms with Gasteiger partial charge < -0.3 is 29.9 Å². The highest BCUT2D eigenvalue weighted by atomic mass is 28.4. The average molecular weight is 710 g/mol. The van der Waals surface area contributed by atoms with Crippen molar-refractivity contribution < 1.29 is 23.5 Å².